The van der Waals surface area contributed by atoms with Crippen molar-refractivity contribution < 1.29 is 0 Å². The van der Waals surface area contributed by atoms with E-state index in [1.807, 2.05) is 0 Å². The van der Waals surface area contributed by atoms with Crippen LogP contribution in [0.5, 0.6) is 0 Å². The lowest BCUT2D eigenvalue weighted by atomic mass is 9.83. The van der Waals surface area contributed by atoms with Crippen molar-refractivity contribution in [3.63, 3.8) is 0 Å². The summed E-state index contributed by atoms with van der Waals surface area (Å²) in [4.78, 5) is 0. The minimum atomic E-state index is 0.261. The molecule has 0 saturated carbocycles. The van der Waals surface area contributed by atoms with E-state index in [0.29, 0.717) is 0 Å². The lowest BCUT2D eigenvalue weighted by molar-refractivity contribution is 0.500. The molecule has 0 heterocycles. The highest BCUT2D eigenvalue weighted by Crippen LogP contribution is 2.30. The SMILES string of the molecule is CCCCCCC(CCCCC)c1ccc(C(C)(C)C)cc1. The zero-order valence-corrected chi connectivity index (χ0v) is 15.8. The van der Waals surface area contributed by atoms with Gasteiger partial charge in [-0.1, -0.05) is 104 Å². The molecule has 0 N–H and O–H groups in total. The van der Waals surface area contributed by atoms with Crippen LogP contribution in [0.3, 0.4) is 0 Å². The minimum Gasteiger partial charge on any atom is -0.0654 e. The lowest BCUT2D eigenvalue weighted by Gasteiger charge is -2.22. The highest BCUT2D eigenvalue weighted by molar-refractivity contribution is 5.29. The zero-order chi connectivity index (χ0) is 16.4. The second kappa shape index (κ2) is 10.1. The first-order valence-electron chi connectivity index (χ1n) is 9.59. The number of hydrogen-bond donors (Lipinski definition) is 0. The van der Waals surface area contributed by atoms with Crippen LogP contribution < -0.4 is 0 Å². The highest BCUT2D eigenvalue weighted by atomic mass is 14.2. The van der Waals surface area contributed by atoms with E-state index in [9.17, 15) is 0 Å². The van der Waals surface area contributed by atoms with Crippen LogP contribution in [-0.2, 0) is 5.41 Å². The second-order valence-corrected chi connectivity index (χ2v) is 7.91. The molecule has 1 atom stereocenters. The summed E-state index contributed by atoms with van der Waals surface area (Å²) in [6.07, 6.45) is 12.4. The summed E-state index contributed by atoms with van der Waals surface area (Å²) < 4.78 is 0. The van der Waals surface area contributed by atoms with Crippen LogP contribution in [0.2, 0.25) is 0 Å². The molecule has 1 aromatic rings. The van der Waals surface area contributed by atoms with E-state index in [4.69, 9.17) is 0 Å². The minimum absolute atomic E-state index is 0.261. The summed E-state index contributed by atoms with van der Waals surface area (Å²) in [5, 5.41) is 0. The van der Waals surface area contributed by atoms with Gasteiger partial charge in [0.2, 0.25) is 0 Å². The van der Waals surface area contributed by atoms with E-state index < -0.39 is 0 Å². The maximum Gasteiger partial charge on any atom is -0.0132 e. The molecule has 0 amide bonds. The quantitative estimate of drug-likeness (QED) is 0.390. The number of rotatable bonds is 10. The predicted octanol–water partition coefficient (Wildman–Crippen LogP) is 7.62. The van der Waals surface area contributed by atoms with Crippen LogP contribution in [0.15, 0.2) is 24.3 Å². The van der Waals surface area contributed by atoms with Gasteiger partial charge in [0.15, 0.2) is 0 Å². The predicted molar refractivity (Wildman–Crippen MR) is 101 cm³/mol. The average Bonchev–Trinajstić information content (AvgIpc) is 2.49. The molecule has 22 heavy (non-hydrogen) atoms. The maximum atomic E-state index is 2.40. The molecule has 1 rings (SSSR count). The molecule has 0 aliphatic heterocycles. The summed E-state index contributed by atoms with van der Waals surface area (Å²) >= 11 is 0. The van der Waals surface area contributed by atoms with Crippen molar-refractivity contribution in [1.82, 2.24) is 0 Å². The Morgan fingerprint density at radius 2 is 1.23 bits per heavy atom. The van der Waals surface area contributed by atoms with Crippen LogP contribution in [-0.4, -0.2) is 0 Å². The average molecular weight is 303 g/mol. The van der Waals surface area contributed by atoms with Crippen LogP contribution in [0.4, 0.5) is 0 Å². The van der Waals surface area contributed by atoms with E-state index in [2.05, 4.69) is 58.9 Å². The van der Waals surface area contributed by atoms with Gasteiger partial charge in [0, 0.05) is 0 Å². The lowest BCUT2D eigenvalue weighted by Crippen LogP contribution is -2.11. The molecule has 0 aliphatic rings. The molecule has 0 aliphatic carbocycles. The topological polar surface area (TPSA) is 0 Å². The van der Waals surface area contributed by atoms with E-state index >= 15 is 0 Å². The highest BCUT2D eigenvalue weighted by Gasteiger charge is 2.15. The third-order valence-corrected chi connectivity index (χ3v) is 4.81. The Morgan fingerprint density at radius 1 is 0.727 bits per heavy atom. The van der Waals surface area contributed by atoms with Gasteiger partial charge in [-0.25, -0.2) is 0 Å². The summed E-state index contributed by atoms with van der Waals surface area (Å²) in [7, 11) is 0. The molecule has 0 aromatic heterocycles. The molecule has 0 fully saturated rings. The fraction of sp³-hybridized carbons (Fsp3) is 0.727. The van der Waals surface area contributed by atoms with Crippen molar-refractivity contribution in [2.75, 3.05) is 0 Å². The van der Waals surface area contributed by atoms with Crippen LogP contribution in [0.25, 0.3) is 0 Å². The molecule has 1 aromatic carbocycles. The van der Waals surface area contributed by atoms with Crippen molar-refractivity contribution in [2.24, 2.45) is 0 Å². The molecule has 0 radical (unpaired) electrons. The Morgan fingerprint density at radius 3 is 1.73 bits per heavy atom. The van der Waals surface area contributed by atoms with Gasteiger partial charge in [0.1, 0.15) is 0 Å². The normalized spacial score (nSPS) is 13.3. The molecule has 126 valence electrons. The second-order valence-electron chi connectivity index (χ2n) is 7.91. The molecule has 0 saturated heterocycles. The Hall–Kier alpha value is -0.780. The van der Waals surface area contributed by atoms with Crippen molar-refractivity contribution in [3.8, 4) is 0 Å². The van der Waals surface area contributed by atoms with Gasteiger partial charge >= 0.3 is 0 Å². The fourth-order valence-electron chi connectivity index (χ4n) is 3.19. The van der Waals surface area contributed by atoms with Gasteiger partial charge < -0.3 is 0 Å². The van der Waals surface area contributed by atoms with Gasteiger partial charge in [0.05, 0.1) is 0 Å². The van der Waals surface area contributed by atoms with Crippen molar-refractivity contribution in [3.05, 3.63) is 35.4 Å². The largest absolute Gasteiger partial charge is 0.0654 e. The van der Waals surface area contributed by atoms with Crippen molar-refractivity contribution in [2.45, 2.75) is 104 Å². The fourth-order valence-corrected chi connectivity index (χ4v) is 3.19. The maximum absolute atomic E-state index is 2.40. The first-order valence-corrected chi connectivity index (χ1v) is 9.59. The van der Waals surface area contributed by atoms with E-state index in [0.717, 1.165) is 5.92 Å². The van der Waals surface area contributed by atoms with E-state index in [1.165, 1.54) is 63.4 Å². The van der Waals surface area contributed by atoms with Gasteiger partial charge in [0.25, 0.3) is 0 Å². The summed E-state index contributed by atoms with van der Waals surface area (Å²) in [6.45, 7) is 11.5. The summed E-state index contributed by atoms with van der Waals surface area (Å²) in [5.74, 6) is 0.775. The van der Waals surface area contributed by atoms with Crippen LogP contribution >= 0.6 is 0 Å². The molecule has 0 spiro atoms. The third kappa shape index (κ3) is 6.99. The first kappa shape index (κ1) is 19.3. The summed E-state index contributed by atoms with van der Waals surface area (Å²) in [5.41, 5.74) is 3.28. The Kier molecular flexibility index (Phi) is 8.83. The van der Waals surface area contributed by atoms with Gasteiger partial charge in [-0.2, -0.15) is 0 Å². The molecule has 0 bridgehead atoms. The molecular formula is C22H38. The molecular weight excluding hydrogens is 264 g/mol. The van der Waals surface area contributed by atoms with Crippen LogP contribution in [0, 0.1) is 0 Å². The molecule has 1 unspecified atom stereocenters. The smallest absolute Gasteiger partial charge is 0.0132 e. The number of hydrogen-bond acceptors (Lipinski definition) is 0. The van der Waals surface area contributed by atoms with Crippen LogP contribution in [0.1, 0.15) is 109 Å². The third-order valence-electron chi connectivity index (χ3n) is 4.81. The van der Waals surface area contributed by atoms with Gasteiger partial charge in [-0.05, 0) is 35.3 Å². The van der Waals surface area contributed by atoms with E-state index in [-0.39, 0.29) is 5.41 Å². The molecule has 0 heteroatoms. The van der Waals surface area contributed by atoms with E-state index in [1.54, 1.807) is 5.56 Å². The Bertz CT molecular complexity index is 379. The number of unbranched alkanes of at least 4 members (excludes halogenated alkanes) is 5. The van der Waals surface area contributed by atoms with Gasteiger partial charge in [-0.3, -0.25) is 0 Å². The zero-order valence-electron chi connectivity index (χ0n) is 15.8. The standard InChI is InChI=1S/C22H38/c1-6-8-10-12-14-19(13-11-9-7-2)20-15-17-21(18-16-20)22(3,4)5/h15-19H,6-14H2,1-5H3. The monoisotopic (exact) mass is 302 g/mol. The van der Waals surface area contributed by atoms with Gasteiger partial charge in [-0.15, -0.1) is 0 Å². The van der Waals surface area contributed by atoms with Crippen molar-refractivity contribution >= 4 is 0 Å². The Labute approximate surface area is 139 Å². The summed E-state index contributed by atoms with van der Waals surface area (Å²) in [6, 6.07) is 9.51. The van der Waals surface area contributed by atoms with Crippen molar-refractivity contribution in [1.29, 1.82) is 0 Å². The Balaban J connectivity index is 2.67. The number of benzene rings is 1. The molecule has 0 nitrogen and oxygen atoms in total. The first-order chi connectivity index (χ1) is 10.5.